The Bertz CT molecular complexity index is 577. The van der Waals surface area contributed by atoms with Gasteiger partial charge < -0.3 is 15.4 Å². The maximum Gasteiger partial charge on any atom is 0.408 e. The van der Waals surface area contributed by atoms with Gasteiger partial charge in [-0.1, -0.05) is 6.07 Å². The van der Waals surface area contributed by atoms with Crippen LogP contribution in [0.4, 0.5) is 4.79 Å². The van der Waals surface area contributed by atoms with Crippen LogP contribution in [0.15, 0.2) is 18.3 Å². The van der Waals surface area contributed by atoms with Gasteiger partial charge in [0.2, 0.25) is 5.91 Å². The predicted molar refractivity (Wildman–Crippen MR) is 89.0 cm³/mol. The van der Waals surface area contributed by atoms with Crippen molar-refractivity contribution < 1.29 is 14.3 Å². The molecule has 2 amide bonds. The monoisotopic (exact) mass is 321 g/mol. The predicted octanol–water partition coefficient (Wildman–Crippen LogP) is 2.87. The zero-order valence-electron chi connectivity index (χ0n) is 15.0. The van der Waals surface area contributed by atoms with Crippen molar-refractivity contribution in [3.8, 4) is 0 Å². The third kappa shape index (κ3) is 5.88. The molecule has 0 saturated heterocycles. The lowest BCUT2D eigenvalue weighted by molar-refractivity contribution is -0.127. The minimum Gasteiger partial charge on any atom is -0.444 e. The summed E-state index contributed by atoms with van der Waals surface area (Å²) in [6.07, 6.45) is 1.06. The van der Waals surface area contributed by atoms with E-state index in [0.717, 1.165) is 11.3 Å². The summed E-state index contributed by atoms with van der Waals surface area (Å²) in [6.45, 7) is 12.4. The van der Waals surface area contributed by atoms with Crippen molar-refractivity contribution in [1.82, 2.24) is 15.6 Å². The SMILES string of the molecule is Cc1cccnc1C(C)NC(=O)C(C)(C)NC(=O)OC(C)(C)C. The molecule has 0 saturated carbocycles. The van der Waals surface area contributed by atoms with Gasteiger partial charge in [-0.05, 0) is 60.1 Å². The smallest absolute Gasteiger partial charge is 0.408 e. The van der Waals surface area contributed by atoms with E-state index in [1.807, 2.05) is 26.0 Å². The molecule has 6 heteroatoms. The van der Waals surface area contributed by atoms with Gasteiger partial charge in [-0.25, -0.2) is 4.79 Å². The molecule has 0 radical (unpaired) electrons. The zero-order chi connectivity index (χ0) is 17.8. The Hall–Kier alpha value is -2.11. The Kier molecular flexibility index (Phi) is 5.75. The van der Waals surface area contributed by atoms with Gasteiger partial charge >= 0.3 is 6.09 Å². The minimum absolute atomic E-state index is 0.261. The first-order valence-electron chi connectivity index (χ1n) is 7.66. The summed E-state index contributed by atoms with van der Waals surface area (Å²) >= 11 is 0. The molecular formula is C17H27N3O3. The number of rotatable bonds is 4. The number of ether oxygens (including phenoxy) is 1. The molecular weight excluding hydrogens is 294 g/mol. The number of aryl methyl sites for hydroxylation is 1. The first-order valence-corrected chi connectivity index (χ1v) is 7.66. The van der Waals surface area contributed by atoms with Gasteiger partial charge in [0.15, 0.2) is 0 Å². The fourth-order valence-corrected chi connectivity index (χ4v) is 2.01. The van der Waals surface area contributed by atoms with E-state index < -0.39 is 17.2 Å². The highest BCUT2D eigenvalue weighted by Gasteiger charge is 2.32. The van der Waals surface area contributed by atoms with E-state index in [1.54, 1.807) is 40.8 Å². The highest BCUT2D eigenvalue weighted by molar-refractivity contribution is 5.89. The Morgan fingerprint density at radius 2 is 1.83 bits per heavy atom. The second-order valence-corrected chi connectivity index (χ2v) is 7.15. The Morgan fingerprint density at radius 3 is 2.35 bits per heavy atom. The molecule has 1 atom stereocenters. The molecule has 1 aromatic heterocycles. The van der Waals surface area contributed by atoms with Crippen molar-refractivity contribution >= 4 is 12.0 Å². The molecule has 1 rings (SSSR count). The first-order chi connectivity index (χ1) is 10.4. The molecule has 0 spiro atoms. The topological polar surface area (TPSA) is 80.3 Å². The number of aromatic nitrogens is 1. The molecule has 0 aromatic carbocycles. The number of hydrogen-bond donors (Lipinski definition) is 2. The quantitative estimate of drug-likeness (QED) is 0.893. The Labute approximate surface area is 138 Å². The third-order valence-electron chi connectivity index (χ3n) is 3.19. The summed E-state index contributed by atoms with van der Waals surface area (Å²) in [5, 5.41) is 5.46. The summed E-state index contributed by atoms with van der Waals surface area (Å²) < 4.78 is 5.19. The normalized spacial score (nSPS) is 13.2. The highest BCUT2D eigenvalue weighted by atomic mass is 16.6. The van der Waals surface area contributed by atoms with Gasteiger partial charge in [-0.2, -0.15) is 0 Å². The number of pyridine rings is 1. The van der Waals surface area contributed by atoms with Crippen LogP contribution in [0, 0.1) is 6.92 Å². The van der Waals surface area contributed by atoms with Crippen LogP contribution in [0.5, 0.6) is 0 Å². The van der Waals surface area contributed by atoms with Gasteiger partial charge in [0.05, 0.1) is 11.7 Å². The fourth-order valence-electron chi connectivity index (χ4n) is 2.01. The number of nitrogens with one attached hydrogen (secondary N) is 2. The summed E-state index contributed by atoms with van der Waals surface area (Å²) in [6, 6.07) is 3.53. The fraction of sp³-hybridized carbons (Fsp3) is 0.588. The van der Waals surface area contributed by atoms with Crippen molar-refractivity contribution in [3.05, 3.63) is 29.6 Å². The number of hydrogen-bond acceptors (Lipinski definition) is 4. The third-order valence-corrected chi connectivity index (χ3v) is 3.19. The molecule has 6 nitrogen and oxygen atoms in total. The van der Waals surface area contributed by atoms with E-state index in [9.17, 15) is 9.59 Å². The first kappa shape index (κ1) is 18.9. The van der Waals surface area contributed by atoms with Crippen LogP contribution in [0.1, 0.15) is 58.8 Å². The molecule has 0 aliphatic carbocycles. The Balaban J connectivity index is 2.72. The lowest BCUT2D eigenvalue weighted by Crippen LogP contribution is -2.56. The van der Waals surface area contributed by atoms with E-state index in [1.165, 1.54) is 0 Å². The van der Waals surface area contributed by atoms with Crippen molar-refractivity contribution in [2.45, 2.75) is 65.6 Å². The van der Waals surface area contributed by atoms with Crippen LogP contribution in [-0.4, -0.2) is 28.1 Å². The molecule has 0 bridgehead atoms. The maximum absolute atomic E-state index is 12.5. The van der Waals surface area contributed by atoms with E-state index in [0.29, 0.717) is 0 Å². The minimum atomic E-state index is -1.10. The molecule has 1 heterocycles. The molecule has 2 N–H and O–H groups in total. The van der Waals surface area contributed by atoms with E-state index >= 15 is 0 Å². The van der Waals surface area contributed by atoms with Crippen molar-refractivity contribution in [3.63, 3.8) is 0 Å². The standard InChI is InChI=1S/C17H27N3O3/c1-11-9-8-10-18-13(11)12(2)19-14(21)17(6,7)20-15(22)23-16(3,4)5/h8-10,12H,1-7H3,(H,19,21)(H,20,22). The van der Waals surface area contributed by atoms with Crippen LogP contribution in [0.2, 0.25) is 0 Å². The number of carbonyl (C=O) groups is 2. The number of carbonyl (C=O) groups excluding carboxylic acids is 2. The van der Waals surface area contributed by atoms with Gasteiger partial charge in [0.1, 0.15) is 11.1 Å². The van der Waals surface area contributed by atoms with Crippen LogP contribution in [0.25, 0.3) is 0 Å². The van der Waals surface area contributed by atoms with Crippen molar-refractivity contribution in [1.29, 1.82) is 0 Å². The van der Waals surface area contributed by atoms with Crippen LogP contribution in [-0.2, 0) is 9.53 Å². The van der Waals surface area contributed by atoms with E-state index in [4.69, 9.17) is 4.74 Å². The average Bonchev–Trinajstić information content (AvgIpc) is 2.35. The summed E-state index contributed by atoms with van der Waals surface area (Å²) in [4.78, 5) is 28.6. The molecule has 1 unspecified atom stereocenters. The highest BCUT2D eigenvalue weighted by Crippen LogP contribution is 2.16. The molecule has 1 aromatic rings. The number of amides is 2. The summed E-state index contributed by atoms with van der Waals surface area (Å²) in [5.41, 5.74) is 0.0843. The van der Waals surface area contributed by atoms with Crippen molar-refractivity contribution in [2.24, 2.45) is 0 Å². The van der Waals surface area contributed by atoms with E-state index in [2.05, 4.69) is 15.6 Å². The number of nitrogens with zero attached hydrogens (tertiary/aromatic N) is 1. The zero-order valence-corrected chi connectivity index (χ0v) is 15.0. The lowest BCUT2D eigenvalue weighted by atomic mass is 10.0. The van der Waals surface area contributed by atoms with Gasteiger partial charge in [0.25, 0.3) is 0 Å². The van der Waals surface area contributed by atoms with Gasteiger partial charge in [-0.3, -0.25) is 9.78 Å². The van der Waals surface area contributed by atoms with Gasteiger partial charge in [-0.15, -0.1) is 0 Å². The molecule has 0 aliphatic heterocycles. The van der Waals surface area contributed by atoms with Crippen LogP contribution < -0.4 is 10.6 Å². The number of alkyl carbamates (subject to hydrolysis) is 1. The maximum atomic E-state index is 12.5. The van der Waals surface area contributed by atoms with Gasteiger partial charge in [0, 0.05) is 6.20 Å². The average molecular weight is 321 g/mol. The lowest BCUT2D eigenvalue weighted by Gasteiger charge is -2.29. The summed E-state index contributed by atoms with van der Waals surface area (Å²) in [7, 11) is 0. The summed E-state index contributed by atoms with van der Waals surface area (Å²) in [5.74, 6) is -0.305. The molecule has 128 valence electrons. The Morgan fingerprint density at radius 1 is 1.22 bits per heavy atom. The van der Waals surface area contributed by atoms with Crippen LogP contribution >= 0.6 is 0 Å². The van der Waals surface area contributed by atoms with Crippen molar-refractivity contribution in [2.75, 3.05) is 0 Å². The second-order valence-electron chi connectivity index (χ2n) is 7.15. The van der Waals surface area contributed by atoms with E-state index in [-0.39, 0.29) is 11.9 Å². The molecule has 0 fully saturated rings. The van der Waals surface area contributed by atoms with Crippen LogP contribution in [0.3, 0.4) is 0 Å². The molecule has 23 heavy (non-hydrogen) atoms. The largest absolute Gasteiger partial charge is 0.444 e. The second kappa shape index (κ2) is 6.98. The molecule has 0 aliphatic rings.